The Balaban J connectivity index is 1.74. The molecular formula is C22H18OSi. The van der Waals surface area contributed by atoms with Crippen molar-refractivity contribution in [3.05, 3.63) is 83.9 Å². The summed E-state index contributed by atoms with van der Waals surface area (Å²) in [6.07, 6.45) is 0. The summed E-state index contributed by atoms with van der Waals surface area (Å²) in [6, 6.07) is 25.6. The highest BCUT2D eigenvalue weighted by Gasteiger charge is 2.08. The van der Waals surface area contributed by atoms with Gasteiger partial charge in [-0.3, -0.25) is 0 Å². The summed E-state index contributed by atoms with van der Waals surface area (Å²) in [5, 5.41) is 6.23. The van der Waals surface area contributed by atoms with Crippen LogP contribution in [0, 0.1) is 13.8 Å². The highest BCUT2D eigenvalue weighted by molar-refractivity contribution is 6.48. The number of fused-ring (bicyclic) bond motifs is 3. The quantitative estimate of drug-likeness (QED) is 0.383. The molecule has 0 N–H and O–H groups in total. The zero-order valence-electron chi connectivity index (χ0n) is 13.8. The summed E-state index contributed by atoms with van der Waals surface area (Å²) in [5.74, 6) is 0.956. The van der Waals surface area contributed by atoms with Gasteiger partial charge in [-0.2, -0.15) is 0 Å². The Hall–Kier alpha value is -2.58. The summed E-state index contributed by atoms with van der Waals surface area (Å²) in [4.78, 5) is 0. The molecule has 116 valence electrons. The van der Waals surface area contributed by atoms with Crippen molar-refractivity contribution in [3.8, 4) is 5.75 Å². The van der Waals surface area contributed by atoms with E-state index in [1.165, 1.54) is 37.9 Å². The highest BCUT2D eigenvalue weighted by atomic mass is 28.2. The monoisotopic (exact) mass is 326 g/mol. The first-order valence-electron chi connectivity index (χ1n) is 8.13. The lowest BCUT2D eigenvalue weighted by Gasteiger charge is -2.12. The topological polar surface area (TPSA) is 9.23 Å². The average Bonchev–Trinajstić information content (AvgIpc) is 2.62. The van der Waals surface area contributed by atoms with Crippen LogP contribution in [0.25, 0.3) is 21.5 Å². The number of hydrogen-bond acceptors (Lipinski definition) is 1. The predicted octanol–water partition coefficient (Wildman–Crippen LogP) is 4.93. The third-order valence-corrected chi connectivity index (χ3v) is 5.71. The molecular weight excluding hydrogens is 308 g/mol. The number of rotatable bonds is 3. The highest BCUT2D eigenvalue weighted by Crippen LogP contribution is 2.31. The minimum atomic E-state index is 0.317. The van der Waals surface area contributed by atoms with Crippen molar-refractivity contribution >= 4 is 36.5 Å². The third-order valence-electron chi connectivity index (χ3n) is 4.62. The smallest absolute Gasteiger partial charge is 0.351 e. The van der Waals surface area contributed by atoms with Gasteiger partial charge in [0.05, 0.1) is 0 Å². The fourth-order valence-electron chi connectivity index (χ4n) is 3.07. The first-order valence-corrected chi connectivity index (χ1v) is 9.04. The van der Waals surface area contributed by atoms with Gasteiger partial charge in [-0.1, -0.05) is 66.7 Å². The fourth-order valence-corrected chi connectivity index (χ4v) is 3.98. The molecule has 0 atom stereocenters. The zero-order valence-corrected chi connectivity index (χ0v) is 14.8. The first kappa shape index (κ1) is 15.0. The van der Waals surface area contributed by atoms with Gasteiger partial charge in [0, 0.05) is 5.39 Å². The molecule has 0 aromatic heterocycles. The number of benzene rings is 4. The first-order chi connectivity index (χ1) is 11.7. The summed E-state index contributed by atoms with van der Waals surface area (Å²) >= 11 is 0. The van der Waals surface area contributed by atoms with Crippen molar-refractivity contribution in [1.82, 2.24) is 0 Å². The molecule has 0 unspecified atom stereocenters. The Morgan fingerprint density at radius 3 is 2.38 bits per heavy atom. The van der Waals surface area contributed by atoms with E-state index in [1.54, 1.807) is 0 Å². The van der Waals surface area contributed by atoms with Crippen LogP contribution in [0.5, 0.6) is 5.75 Å². The molecule has 0 aliphatic rings. The Morgan fingerprint density at radius 1 is 0.667 bits per heavy atom. The van der Waals surface area contributed by atoms with Crippen LogP contribution in [0.3, 0.4) is 0 Å². The van der Waals surface area contributed by atoms with Gasteiger partial charge in [0.2, 0.25) is 0 Å². The van der Waals surface area contributed by atoms with Gasteiger partial charge in [0.25, 0.3) is 0 Å². The molecule has 4 rings (SSSR count). The molecule has 0 heterocycles. The SMILES string of the molecule is Cc1cccc([Si]Oc2cccc3c2ccc2ccccc23)c1C. The van der Waals surface area contributed by atoms with Crippen LogP contribution in [0.15, 0.2) is 72.8 Å². The molecule has 4 aromatic carbocycles. The molecule has 0 fully saturated rings. The minimum Gasteiger partial charge on any atom is -0.535 e. The molecule has 2 radical (unpaired) electrons. The maximum atomic E-state index is 6.22. The molecule has 0 aliphatic carbocycles. The van der Waals surface area contributed by atoms with Gasteiger partial charge in [-0.15, -0.1) is 0 Å². The van der Waals surface area contributed by atoms with Crippen LogP contribution in [-0.4, -0.2) is 9.76 Å². The standard InChI is InChI=1S/C22H18OSi/c1-15-7-5-12-22(16(15)2)24-23-21-11-6-10-19-18-9-4-3-8-17(18)13-14-20(19)21/h3-14H,1-2H3. The number of aryl methyl sites for hydroxylation is 1. The molecule has 0 bridgehead atoms. The maximum absolute atomic E-state index is 6.22. The average molecular weight is 326 g/mol. The summed E-state index contributed by atoms with van der Waals surface area (Å²) in [5.41, 5.74) is 2.63. The minimum absolute atomic E-state index is 0.317. The van der Waals surface area contributed by atoms with Crippen molar-refractivity contribution in [2.75, 3.05) is 0 Å². The van der Waals surface area contributed by atoms with Crippen molar-refractivity contribution in [2.45, 2.75) is 13.8 Å². The van der Waals surface area contributed by atoms with E-state index in [0.29, 0.717) is 9.76 Å². The summed E-state index contributed by atoms with van der Waals surface area (Å²) < 4.78 is 6.22. The second-order valence-electron chi connectivity index (χ2n) is 6.09. The molecule has 0 aliphatic heterocycles. The molecule has 4 aromatic rings. The number of hydrogen-bond donors (Lipinski definition) is 0. The van der Waals surface area contributed by atoms with E-state index < -0.39 is 0 Å². The van der Waals surface area contributed by atoms with E-state index in [1.807, 2.05) is 0 Å². The van der Waals surface area contributed by atoms with Crippen LogP contribution in [0.1, 0.15) is 11.1 Å². The van der Waals surface area contributed by atoms with Gasteiger partial charge >= 0.3 is 9.76 Å². The largest absolute Gasteiger partial charge is 0.535 e. The van der Waals surface area contributed by atoms with Crippen LogP contribution < -0.4 is 9.61 Å². The van der Waals surface area contributed by atoms with E-state index in [4.69, 9.17) is 4.43 Å². The van der Waals surface area contributed by atoms with E-state index in [-0.39, 0.29) is 0 Å². The third kappa shape index (κ3) is 2.59. The van der Waals surface area contributed by atoms with Crippen LogP contribution in [0.4, 0.5) is 0 Å². The maximum Gasteiger partial charge on any atom is 0.351 e. The van der Waals surface area contributed by atoms with Crippen molar-refractivity contribution in [1.29, 1.82) is 0 Å². The molecule has 24 heavy (non-hydrogen) atoms. The van der Waals surface area contributed by atoms with E-state index in [9.17, 15) is 0 Å². The summed E-state index contributed by atoms with van der Waals surface area (Å²) in [7, 11) is 0.317. The molecule has 0 saturated carbocycles. The van der Waals surface area contributed by atoms with Gasteiger partial charge in [-0.05, 0) is 52.4 Å². The molecule has 0 saturated heterocycles. The van der Waals surface area contributed by atoms with Crippen molar-refractivity contribution in [2.24, 2.45) is 0 Å². The van der Waals surface area contributed by atoms with Crippen LogP contribution >= 0.6 is 0 Å². The van der Waals surface area contributed by atoms with Gasteiger partial charge in [0.15, 0.2) is 0 Å². The molecule has 2 heteroatoms. The second-order valence-corrected chi connectivity index (χ2v) is 7.04. The normalized spacial score (nSPS) is 11.1. The van der Waals surface area contributed by atoms with Gasteiger partial charge in [-0.25, -0.2) is 0 Å². The van der Waals surface area contributed by atoms with E-state index in [2.05, 4.69) is 86.6 Å². The van der Waals surface area contributed by atoms with E-state index >= 15 is 0 Å². The van der Waals surface area contributed by atoms with Gasteiger partial charge < -0.3 is 4.43 Å². The van der Waals surface area contributed by atoms with E-state index in [0.717, 1.165) is 5.75 Å². The lowest BCUT2D eigenvalue weighted by molar-refractivity contribution is 0.612. The second kappa shape index (κ2) is 6.14. The van der Waals surface area contributed by atoms with Crippen molar-refractivity contribution in [3.63, 3.8) is 0 Å². The Kier molecular flexibility index (Phi) is 3.83. The fraction of sp³-hybridized carbons (Fsp3) is 0.0909. The molecule has 0 spiro atoms. The lowest BCUT2D eigenvalue weighted by Crippen LogP contribution is -2.23. The lowest BCUT2D eigenvalue weighted by atomic mass is 10.0. The Labute approximate surface area is 144 Å². The molecule has 1 nitrogen and oxygen atoms in total. The van der Waals surface area contributed by atoms with Gasteiger partial charge in [0.1, 0.15) is 5.75 Å². The van der Waals surface area contributed by atoms with Crippen LogP contribution in [-0.2, 0) is 0 Å². The molecule has 0 amide bonds. The Bertz CT molecular complexity index is 1040. The van der Waals surface area contributed by atoms with Crippen molar-refractivity contribution < 1.29 is 4.43 Å². The Morgan fingerprint density at radius 2 is 1.46 bits per heavy atom. The zero-order chi connectivity index (χ0) is 16.5. The summed E-state index contributed by atoms with van der Waals surface area (Å²) in [6.45, 7) is 4.31. The predicted molar refractivity (Wildman–Crippen MR) is 103 cm³/mol. The van der Waals surface area contributed by atoms with Crippen LogP contribution in [0.2, 0.25) is 0 Å².